The molecule has 1 saturated heterocycles. The van der Waals surface area contributed by atoms with Crippen molar-refractivity contribution in [3.63, 3.8) is 0 Å². The average Bonchev–Trinajstić information content (AvgIpc) is 2.87. The Labute approximate surface area is 144 Å². The Morgan fingerprint density at radius 2 is 1.70 bits per heavy atom. The minimum atomic E-state index is 0.256. The molecular weight excluding hydrogens is 280 g/mol. The standard InChI is InChI=1S/C15H22N2.C4H10.C2H6/c1-11-4-3-5-12-13(11)10-15(14(12)16)6-8-17(2)9-7-15;1-3-4-2;1-2/h3-5,14H,6-10,16H2,1-2H3;3-4H2,1-2H3;1-2H3/t14-;;/m1../s1. The topological polar surface area (TPSA) is 29.3 Å². The van der Waals surface area contributed by atoms with E-state index in [9.17, 15) is 0 Å². The molecule has 2 nitrogen and oxygen atoms in total. The van der Waals surface area contributed by atoms with Crippen LogP contribution in [0.5, 0.6) is 0 Å². The summed E-state index contributed by atoms with van der Waals surface area (Å²) in [7, 11) is 2.21. The fourth-order valence-electron chi connectivity index (χ4n) is 3.60. The van der Waals surface area contributed by atoms with E-state index in [1.807, 2.05) is 13.8 Å². The molecular formula is C21H38N2. The number of nitrogens with two attached hydrogens (primary N) is 1. The van der Waals surface area contributed by atoms with Crippen molar-refractivity contribution in [1.82, 2.24) is 4.90 Å². The van der Waals surface area contributed by atoms with Crippen LogP contribution in [0.3, 0.4) is 0 Å². The van der Waals surface area contributed by atoms with Gasteiger partial charge in [-0.15, -0.1) is 0 Å². The van der Waals surface area contributed by atoms with Gasteiger partial charge in [-0.05, 0) is 68.4 Å². The number of fused-ring (bicyclic) bond motifs is 1. The highest BCUT2D eigenvalue weighted by Gasteiger charge is 2.45. The molecule has 2 N–H and O–H groups in total. The maximum absolute atomic E-state index is 6.55. The highest BCUT2D eigenvalue weighted by Crippen LogP contribution is 2.51. The summed E-state index contributed by atoms with van der Waals surface area (Å²) in [6.45, 7) is 13.0. The minimum absolute atomic E-state index is 0.256. The van der Waals surface area contributed by atoms with Crippen molar-refractivity contribution in [1.29, 1.82) is 0 Å². The zero-order valence-electron chi connectivity index (χ0n) is 16.3. The summed E-state index contributed by atoms with van der Waals surface area (Å²) in [4.78, 5) is 2.42. The third-order valence-electron chi connectivity index (χ3n) is 5.45. The summed E-state index contributed by atoms with van der Waals surface area (Å²) in [6, 6.07) is 6.87. The molecule has 1 spiro atoms. The Bertz CT molecular complexity index is 457. The summed E-state index contributed by atoms with van der Waals surface area (Å²) in [6.07, 6.45) is 6.33. The molecule has 0 unspecified atom stereocenters. The van der Waals surface area contributed by atoms with Crippen LogP contribution < -0.4 is 5.73 Å². The van der Waals surface area contributed by atoms with Gasteiger partial charge in [0.05, 0.1) is 0 Å². The number of benzene rings is 1. The van der Waals surface area contributed by atoms with Crippen LogP contribution in [0, 0.1) is 12.3 Å². The lowest BCUT2D eigenvalue weighted by Crippen LogP contribution is -2.42. The van der Waals surface area contributed by atoms with Crippen LogP contribution in [0.1, 0.15) is 76.1 Å². The predicted octanol–water partition coefficient (Wildman–Crippen LogP) is 5.10. The van der Waals surface area contributed by atoms with Gasteiger partial charge in [0.1, 0.15) is 0 Å². The molecule has 3 rings (SSSR count). The number of aryl methyl sites for hydroxylation is 1. The van der Waals surface area contributed by atoms with E-state index in [-0.39, 0.29) is 6.04 Å². The molecule has 23 heavy (non-hydrogen) atoms. The molecule has 1 aromatic carbocycles. The molecule has 0 aromatic heterocycles. The zero-order chi connectivity index (χ0) is 17.5. The smallest absolute Gasteiger partial charge is 0.0359 e. The van der Waals surface area contributed by atoms with Crippen molar-refractivity contribution >= 4 is 0 Å². The number of rotatable bonds is 1. The van der Waals surface area contributed by atoms with Gasteiger partial charge in [0.25, 0.3) is 0 Å². The number of nitrogens with zero attached hydrogens (tertiary/aromatic N) is 1. The van der Waals surface area contributed by atoms with Crippen molar-refractivity contribution in [2.45, 2.75) is 72.8 Å². The van der Waals surface area contributed by atoms with Gasteiger partial charge in [0.15, 0.2) is 0 Å². The van der Waals surface area contributed by atoms with Gasteiger partial charge in [-0.25, -0.2) is 0 Å². The molecule has 0 saturated carbocycles. The summed E-state index contributed by atoms with van der Waals surface area (Å²) >= 11 is 0. The Hall–Kier alpha value is -0.860. The van der Waals surface area contributed by atoms with Crippen LogP contribution in [0.4, 0.5) is 0 Å². The van der Waals surface area contributed by atoms with Gasteiger partial charge in [-0.2, -0.15) is 0 Å². The van der Waals surface area contributed by atoms with Crippen LogP contribution in [0.2, 0.25) is 0 Å². The van der Waals surface area contributed by atoms with E-state index in [0.717, 1.165) is 0 Å². The Morgan fingerprint density at radius 1 is 1.13 bits per heavy atom. The van der Waals surface area contributed by atoms with E-state index in [4.69, 9.17) is 5.73 Å². The molecule has 0 amide bonds. The second-order valence-electron chi connectivity index (χ2n) is 6.96. The van der Waals surface area contributed by atoms with E-state index < -0.39 is 0 Å². The molecule has 0 bridgehead atoms. The molecule has 2 aliphatic rings. The van der Waals surface area contributed by atoms with Crippen molar-refractivity contribution in [3.8, 4) is 0 Å². The lowest BCUT2D eigenvalue weighted by molar-refractivity contribution is 0.106. The van der Waals surface area contributed by atoms with Crippen molar-refractivity contribution < 1.29 is 0 Å². The van der Waals surface area contributed by atoms with Crippen LogP contribution >= 0.6 is 0 Å². The van der Waals surface area contributed by atoms with Crippen molar-refractivity contribution in [3.05, 3.63) is 34.9 Å². The van der Waals surface area contributed by atoms with E-state index in [1.54, 1.807) is 0 Å². The van der Waals surface area contributed by atoms with E-state index >= 15 is 0 Å². The van der Waals surface area contributed by atoms with Gasteiger partial charge >= 0.3 is 0 Å². The van der Waals surface area contributed by atoms with Crippen molar-refractivity contribution in [2.24, 2.45) is 11.1 Å². The van der Waals surface area contributed by atoms with Crippen molar-refractivity contribution in [2.75, 3.05) is 20.1 Å². The molecule has 1 atom stereocenters. The number of unbranched alkanes of at least 4 members (excludes halogenated alkanes) is 1. The van der Waals surface area contributed by atoms with Gasteiger partial charge in [0.2, 0.25) is 0 Å². The average molecular weight is 319 g/mol. The van der Waals surface area contributed by atoms with Crippen LogP contribution in [-0.2, 0) is 6.42 Å². The fourth-order valence-corrected chi connectivity index (χ4v) is 3.60. The first kappa shape index (κ1) is 20.2. The van der Waals surface area contributed by atoms with Crippen LogP contribution in [0.15, 0.2) is 18.2 Å². The quantitative estimate of drug-likeness (QED) is 0.781. The Balaban J connectivity index is 0.000000388. The first-order valence-corrected chi connectivity index (χ1v) is 9.56. The zero-order valence-corrected chi connectivity index (χ0v) is 16.3. The Kier molecular flexibility index (Phi) is 8.28. The summed E-state index contributed by atoms with van der Waals surface area (Å²) < 4.78 is 0. The molecule has 1 fully saturated rings. The predicted molar refractivity (Wildman–Crippen MR) is 103 cm³/mol. The molecule has 2 heteroatoms. The normalized spacial score (nSPS) is 21.8. The third kappa shape index (κ3) is 4.58. The van der Waals surface area contributed by atoms with E-state index in [0.29, 0.717) is 5.41 Å². The largest absolute Gasteiger partial charge is 0.323 e. The summed E-state index contributed by atoms with van der Waals surface area (Å²) in [5.74, 6) is 0. The van der Waals surface area contributed by atoms with Gasteiger partial charge < -0.3 is 10.6 Å². The number of piperidine rings is 1. The molecule has 1 heterocycles. The third-order valence-corrected chi connectivity index (χ3v) is 5.45. The lowest BCUT2D eigenvalue weighted by Gasteiger charge is -2.41. The number of likely N-dealkylation sites (tertiary alicyclic amines) is 1. The highest BCUT2D eigenvalue weighted by molar-refractivity contribution is 5.43. The Morgan fingerprint density at radius 3 is 2.17 bits per heavy atom. The number of hydrogen-bond donors (Lipinski definition) is 1. The first-order chi connectivity index (χ1) is 11.0. The van der Waals surface area contributed by atoms with Crippen LogP contribution in [0.25, 0.3) is 0 Å². The fraction of sp³-hybridized carbons (Fsp3) is 0.714. The molecule has 1 aliphatic heterocycles. The summed E-state index contributed by atoms with van der Waals surface area (Å²) in [5, 5.41) is 0. The summed E-state index contributed by atoms with van der Waals surface area (Å²) in [5.41, 5.74) is 11.3. The molecule has 0 radical (unpaired) electrons. The maximum atomic E-state index is 6.55. The SMILES string of the molecule is CC.CCCC.Cc1cccc2c1CC1(CCN(C)CC1)[C@@H]2N. The number of hydrogen-bond acceptors (Lipinski definition) is 2. The second kappa shape index (κ2) is 9.44. The molecule has 1 aliphatic carbocycles. The first-order valence-electron chi connectivity index (χ1n) is 9.56. The van der Waals surface area contributed by atoms with Gasteiger partial charge in [-0.3, -0.25) is 0 Å². The lowest BCUT2D eigenvalue weighted by atomic mass is 9.73. The van der Waals surface area contributed by atoms with Crippen LogP contribution in [-0.4, -0.2) is 25.0 Å². The molecule has 132 valence electrons. The molecule has 1 aromatic rings. The highest BCUT2D eigenvalue weighted by atomic mass is 15.1. The van der Waals surface area contributed by atoms with E-state index in [1.165, 1.54) is 61.9 Å². The van der Waals surface area contributed by atoms with E-state index in [2.05, 4.69) is 50.9 Å². The minimum Gasteiger partial charge on any atom is -0.323 e. The maximum Gasteiger partial charge on any atom is 0.0359 e. The van der Waals surface area contributed by atoms with Gasteiger partial charge in [0, 0.05) is 6.04 Å². The monoisotopic (exact) mass is 318 g/mol. The second-order valence-corrected chi connectivity index (χ2v) is 6.96. The van der Waals surface area contributed by atoms with Gasteiger partial charge in [-0.1, -0.05) is 58.7 Å².